The minimum Gasteiger partial charge on any atom is -0.353 e. The van der Waals surface area contributed by atoms with Crippen LogP contribution in [0, 0.1) is 5.92 Å². The Morgan fingerprint density at radius 3 is 1.88 bits per heavy atom. The summed E-state index contributed by atoms with van der Waals surface area (Å²) in [5, 5.41) is 0. The number of methoxy groups -OCH3 is 2. The van der Waals surface area contributed by atoms with Crippen molar-refractivity contribution in [3.8, 4) is 0 Å². The Balaban J connectivity index is 2.44. The van der Waals surface area contributed by atoms with Gasteiger partial charge in [-0.2, -0.15) is 13.2 Å². The molecule has 0 bridgehead atoms. The molecule has 0 aromatic heterocycles. The summed E-state index contributed by atoms with van der Waals surface area (Å²) in [6.45, 7) is 4.36. The number of benzene rings is 1. The Bertz CT molecular complexity index is 589. The highest BCUT2D eigenvalue weighted by Gasteiger charge is 2.36. The van der Waals surface area contributed by atoms with E-state index in [0.717, 1.165) is 56.6 Å². The molecule has 0 fully saturated rings. The lowest BCUT2D eigenvalue weighted by Gasteiger charge is -2.38. The first-order valence-corrected chi connectivity index (χ1v) is 12.6. The van der Waals surface area contributed by atoms with Crippen LogP contribution in [-0.4, -0.2) is 20.0 Å². The molecular formula is C27H45F3O2. The van der Waals surface area contributed by atoms with Gasteiger partial charge in [-0.15, -0.1) is 0 Å². The molecule has 0 amide bonds. The van der Waals surface area contributed by atoms with Crippen molar-refractivity contribution < 1.29 is 22.6 Å². The minimum absolute atomic E-state index is 0.372. The number of ether oxygens (including phenoxy) is 2. The second kappa shape index (κ2) is 15.7. The summed E-state index contributed by atoms with van der Waals surface area (Å²) in [4.78, 5) is 0. The Kier molecular flexibility index (Phi) is 14.2. The van der Waals surface area contributed by atoms with E-state index >= 15 is 0 Å². The summed E-state index contributed by atoms with van der Waals surface area (Å²) in [6, 6.07) is 5.71. The molecule has 1 aromatic carbocycles. The average molecular weight is 459 g/mol. The van der Waals surface area contributed by atoms with E-state index < -0.39 is 17.5 Å². The zero-order valence-electron chi connectivity index (χ0n) is 20.7. The predicted molar refractivity (Wildman–Crippen MR) is 127 cm³/mol. The fraction of sp³-hybridized carbons (Fsp3) is 0.778. The summed E-state index contributed by atoms with van der Waals surface area (Å²) in [5.41, 5.74) is 0.215. The van der Waals surface area contributed by atoms with E-state index in [1.165, 1.54) is 50.7 Å². The largest absolute Gasteiger partial charge is 0.416 e. The van der Waals surface area contributed by atoms with E-state index in [0.29, 0.717) is 12.3 Å². The number of halogens is 3. The first kappa shape index (κ1) is 29.0. The van der Waals surface area contributed by atoms with Gasteiger partial charge in [0.1, 0.15) is 0 Å². The number of aryl methyl sites for hydroxylation is 1. The summed E-state index contributed by atoms with van der Waals surface area (Å²) in [5.74, 6) is -0.140. The van der Waals surface area contributed by atoms with Crippen molar-refractivity contribution in [2.75, 3.05) is 14.2 Å². The summed E-state index contributed by atoms with van der Waals surface area (Å²) < 4.78 is 50.3. The van der Waals surface area contributed by atoms with Gasteiger partial charge in [0.05, 0.1) is 5.56 Å². The van der Waals surface area contributed by atoms with E-state index in [2.05, 4.69) is 13.8 Å². The maximum absolute atomic E-state index is 12.9. The van der Waals surface area contributed by atoms with Crippen LogP contribution in [0.25, 0.3) is 0 Å². The van der Waals surface area contributed by atoms with Crippen molar-refractivity contribution in [3.05, 3.63) is 35.4 Å². The number of unbranched alkanes of at least 4 members (excludes halogenated alkanes) is 8. The molecule has 5 heteroatoms. The van der Waals surface area contributed by atoms with Gasteiger partial charge in [-0.3, -0.25) is 0 Å². The van der Waals surface area contributed by atoms with Crippen molar-refractivity contribution in [1.29, 1.82) is 0 Å². The van der Waals surface area contributed by atoms with Crippen molar-refractivity contribution in [3.63, 3.8) is 0 Å². The molecule has 1 aromatic rings. The molecule has 1 rings (SSSR count). The number of hydrogen-bond donors (Lipinski definition) is 0. The van der Waals surface area contributed by atoms with Gasteiger partial charge in [0, 0.05) is 20.1 Å². The number of alkyl halides is 3. The van der Waals surface area contributed by atoms with Crippen LogP contribution in [0.1, 0.15) is 108 Å². The monoisotopic (exact) mass is 458 g/mol. The fourth-order valence-corrected chi connectivity index (χ4v) is 4.73. The first-order valence-electron chi connectivity index (χ1n) is 12.6. The molecule has 0 saturated heterocycles. The lowest BCUT2D eigenvalue weighted by molar-refractivity contribution is -0.244. The predicted octanol–water partition coefficient (Wildman–Crippen LogP) is 8.96. The fourth-order valence-electron chi connectivity index (χ4n) is 4.73. The standard InChI is InChI=1S/C27H45F3O2/c1-5-7-8-9-10-14-19-24(26(6-2,31-3)32-4)20-15-12-11-13-17-23-18-16-21-25(22-23)27(28,29)30/h16,18,21-22,24H,5-15,17,19-20H2,1-4H3. The molecule has 186 valence electrons. The van der Waals surface area contributed by atoms with E-state index in [4.69, 9.17) is 9.47 Å². The molecule has 1 unspecified atom stereocenters. The second-order valence-electron chi connectivity index (χ2n) is 8.98. The Labute approximate surface area is 194 Å². The molecule has 0 radical (unpaired) electrons. The van der Waals surface area contributed by atoms with E-state index in [1.54, 1.807) is 20.3 Å². The van der Waals surface area contributed by atoms with Gasteiger partial charge in [-0.1, -0.05) is 89.8 Å². The molecule has 0 aliphatic carbocycles. The van der Waals surface area contributed by atoms with Crippen LogP contribution < -0.4 is 0 Å². The second-order valence-corrected chi connectivity index (χ2v) is 8.98. The molecule has 0 heterocycles. The molecule has 0 N–H and O–H groups in total. The van der Waals surface area contributed by atoms with E-state index in [9.17, 15) is 13.2 Å². The molecule has 0 aliphatic rings. The molecule has 1 atom stereocenters. The minimum atomic E-state index is -4.27. The van der Waals surface area contributed by atoms with Gasteiger partial charge in [-0.25, -0.2) is 0 Å². The van der Waals surface area contributed by atoms with Crippen molar-refractivity contribution in [1.82, 2.24) is 0 Å². The van der Waals surface area contributed by atoms with Gasteiger partial charge < -0.3 is 9.47 Å². The Hall–Kier alpha value is -1.07. The van der Waals surface area contributed by atoms with Crippen LogP contribution in [0.4, 0.5) is 13.2 Å². The maximum Gasteiger partial charge on any atom is 0.416 e. The molecule has 32 heavy (non-hydrogen) atoms. The van der Waals surface area contributed by atoms with Crippen LogP contribution >= 0.6 is 0 Å². The highest BCUT2D eigenvalue weighted by Crippen LogP contribution is 2.35. The quantitative estimate of drug-likeness (QED) is 0.161. The Morgan fingerprint density at radius 2 is 1.34 bits per heavy atom. The molecule has 0 aliphatic heterocycles. The maximum atomic E-state index is 12.9. The van der Waals surface area contributed by atoms with Gasteiger partial charge in [0.15, 0.2) is 5.79 Å². The van der Waals surface area contributed by atoms with Crippen LogP contribution in [0.2, 0.25) is 0 Å². The summed E-state index contributed by atoms with van der Waals surface area (Å²) in [7, 11) is 3.49. The summed E-state index contributed by atoms with van der Waals surface area (Å²) >= 11 is 0. The number of hydrogen-bond acceptors (Lipinski definition) is 2. The van der Waals surface area contributed by atoms with Crippen molar-refractivity contribution in [2.45, 2.75) is 116 Å². The average Bonchev–Trinajstić information content (AvgIpc) is 2.78. The van der Waals surface area contributed by atoms with Crippen molar-refractivity contribution >= 4 is 0 Å². The zero-order valence-corrected chi connectivity index (χ0v) is 20.7. The van der Waals surface area contributed by atoms with Crippen LogP contribution in [0.5, 0.6) is 0 Å². The third-order valence-electron chi connectivity index (χ3n) is 6.73. The molecule has 0 spiro atoms. The van der Waals surface area contributed by atoms with Gasteiger partial charge >= 0.3 is 6.18 Å². The topological polar surface area (TPSA) is 18.5 Å². The SMILES string of the molecule is CCCCCCCCC(CCCCCCc1cccc(C(F)(F)F)c1)C(CC)(OC)OC. The van der Waals surface area contributed by atoms with Crippen LogP contribution in [-0.2, 0) is 22.1 Å². The number of rotatable bonds is 18. The smallest absolute Gasteiger partial charge is 0.353 e. The third kappa shape index (κ3) is 10.2. The van der Waals surface area contributed by atoms with Gasteiger partial charge in [-0.05, 0) is 43.7 Å². The lowest BCUT2D eigenvalue weighted by atomic mass is 9.85. The Morgan fingerprint density at radius 1 is 0.781 bits per heavy atom. The normalized spacial score (nSPS) is 13.5. The van der Waals surface area contributed by atoms with Gasteiger partial charge in [0.2, 0.25) is 0 Å². The van der Waals surface area contributed by atoms with E-state index in [-0.39, 0.29) is 0 Å². The highest BCUT2D eigenvalue weighted by atomic mass is 19.4. The highest BCUT2D eigenvalue weighted by molar-refractivity contribution is 5.25. The third-order valence-corrected chi connectivity index (χ3v) is 6.73. The lowest BCUT2D eigenvalue weighted by Crippen LogP contribution is -2.41. The molecule has 2 nitrogen and oxygen atoms in total. The zero-order chi connectivity index (χ0) is 23.9. The van der Waals surface area contributed by atoms with Crippen LogP contribution in [0.3, 0.4) is 0 Å². The van der Waals surface area contributed by atoms with E-state index in [1.807, 2.05) is 0 Å². The van der Waals surface area contributed by atoms with Crippen LogP contribution in [0.15, 0.2) is 24.3 Å². The van der Waals surface area contributed by atoms with Gasteiger partial charge in [0.25, 0.3) is 0 Å². The first-order chi connectivity index (χ1) is 15.3. The molecular weight excluding hydrogens is 413 g/mol. The van der Waals surface area contributed by atoms with Crippen molar-refractivity contribution in [2.24, 2.45) is 5.92 Å². The molecule has 0 saturated carbocycles. The summed E-state index contributed by atoms with van der Waals surface area (Å²) in [6.07, 6.45) is 11.2.